The molecule has 0 radical (unpaired) electrons. The molecule has 8 heteroatoms. The Morgan fingerprint density at radius 2 is 2.25 bits per heavy atom. The summed E-state index contributed by atoms with van der Waals surface area (Å²) in [6.45, 7) is 0. The molecule has 0 aromatic carbocycles. The molecule has 0 aliphatic heterocycles. The van der Waals surface area contributed by atoms with Gasteiger partial charge in [0.2, 0.25) is 5.76 Å². The molecule has 0 spiro atoms. The lowest BCUT2D eigenvalue weighted by molar-refractivity contribution is -0.384. The lowest BCUT2D eigenvalue weighted by Gasteiger charge is -1.99. The van der Waals surface area contributed by atoms with Gasteiger partial charge in [-0.25, -0.2) is 4.98 Å². The number of anilines is 1. The molecule has 7 nitrogen and oxygen atoms in total. The number of nitro groups is 1. The van der Waals surface area contributed by atoms with E-state index in [1.165, 1.54) is 18.5 Å². The second-order valence-corrected chi connectivity index (χ2v) is 3.80. The van der Waals surface area contributed by atoms with E-state index >= 15 is 0 Å². The minimum Gasteiger partial charge on any atom is -0.394 e. The summed E-state index contributed by atoms with van der Waals surface area (Å²) in [7, 11) is 0. The molecule has 16 heavy (non-hydrogen) atoms. The molecule has 2 rings (SSSR count). The van der Waals surface area contributed by atoms with Crippen LogP contribution in [0.25, 0.3) is 11.5 Å². The molecule has 2 N–H and O–H groups in total. The van der Waals surface area contributed by atoms with Crippen molar-refractivity contribution in [1.82, 2.24) is 10.1 Å². The number of hydrogen-bond acceptors (Lipinski definition) is 6. The molecule has 0 unspecified atom stereocenters. The highest BCUT2D eigenvalue weighted by Crippen LogP contribution is 2.32. The number of rotatable bonds is 2. The maximum atomic E-state index is 10.8. The fourth-order valence-electron chi connectivity index (χ4n) is 1.17. The fraction of sp³-hybridized carbons (Fsp3) is 0. The summed E-state index contributed by atoms with van der Waals surface area (Å²) in [5.74, 6) is 0.0965. The number of nitrogens with two attached hydrogens (primary N) is 1. The molecule has 0 aliphatic rings. The lowest BCUT2D eigenvalue weighted by Crippen LogP contribution is -1.96. The maximum Gasteiger partial charge on any atom is 0.300 e. The van der Waals surface area contributed by atoms with Gasteiger partial charge in [-0.2, -0.15) is 0 Å². The number of hydrogen-bond donors (Lipinski definition) is 1. The fourth-order valence-corrected chi connectivity index (χ4v) is 1.49. The molecule has 2 heterocycles. The van der Waals surface area contributed by atoms with Crippen LogP contribution in [-0.4, -0.2) is 15.1 Å². The van der Waals surface area contributed by atoms with Crippen molar-refractivity contribution in [3.8, 4) is 11.5 Å². The summed E-state index contributed by atoms with van der Waals surface area (Å²) in [5, 5.41) is 14.3. The lowest BCUT2D eigenvalue weighted by atomic mass is 10.2. The van der Waals surface area contributed by atoms with Crippen LogP contribution >= 0.6 is 15.9 Å². The summed E-state index contributed by atoms with van der Waals surface area (Å²) in [6.07, 6.45) is 2.69. The Balaban J connectivity index is 2.65. The molecular weight excluding hydrogens is 280 g/mol. The van der Waals surface area contributed by atoms with Gasteiger partial charge in [0.25, 0.3) is 5.69 Å². The molecular formula is C8H5BrN4O3. The first-order valence-corrected chi connectivity index (χ1v) is 4.89. The van der Waals surface area contributed by atoms with Gasteiger partial charge in [0.05, 0.1) is 11.1 Å². The summed E-state index contributed by atoms with van der Waals surface area (Å²) in [4.78, 5) is 14.2. The standard InChI is InChI=1S/C8H5BrN4O3/c9-4-1-6(13(14)15)7(11-2-4)8-5(10)3-12-16-8/h1-3H,10H2. The molecule has 0 bridgehead atoms. The Labute approximate surface area is 97.5 Å². The molecule has 0 saturated heterocycles. The van der Waals surface area contributed by atoms with Gasteiger partial charge < -0.3 is 10.3 Å². The van der Waals surface area contributed by atoms with Gasteiger partial charge in [0.15, 0.2) is 5.69 Å². The zero-order valence-corrected chi connectivity index (χ0v) is 9.34. The zero-order chi connectivity index (χ0) is 11.7. The highest BCUT2D eigenvalue weighted by atomic mass is 79.9. The normalized spacial score (nSPS) is 10.3. The average Bonchev–Trinajstić information content (AvgIpc) is 2.64. The zero-order valence-electron chi connectivity index (χ0n) is 7.75. The van der Waals surface area contributed by atoms with E-state index in [4.69, 9.17) is 10.3 Å². The summed E-state index contributed by atoms with van der Waals surface area (Å²) in [5.41, 5.74) is 5.62. The smallest absolute Gasteiger partial charge is 0.300 e. The Morgan fingerprint density at radius 3 is 2.81 bits per heavy atom. The van der Waals surface area contributed by atoms with Crippen LogP contribution in [0.15, 0.2) is 27.5 Å². The van der Waals surface area contributed by atoms with Crippen LogP contribution in [0, 0.1) is 10.1 Å². The van der Waals surface area contributed by atoms with Crippen LogP contribution in [0.5, 0.6) is 0 Å². The second kappa shape index (κ2) is 3.89. The van der Waals surface area contributed by atoms with Crippen LogP contribution in [-0.2, 0) is 0 Å². The molecule has 0 amide bonds. The molecule has 2 aromatic heterocycles. The van der Waals surface area contributed by atoms with E-state index in [9.17, 15) is 10.1 Å². The van der Waals surface area contributed by atoms with Gasteiger partial charge >= 0.3 is 0 Å². The monoisotopic (exact) mass is 284 g/mol. The van der Waals surface area contributed by atoms with E-state index < -0.39 is 4.92 Å². The van der Waals surface area contributed by atoms with E-state index in [0.717, 1.165) is 0 Å². The van der Waals surface area contributed by atoms with Crippen LogP contribution < -0.4 is 5.73 Å². The largest absolute Gasteiger partial charge is 0.394 e. The number of pyridine rings is 1. The average molecular weight is 285 g/mol. The van der Waals surface area contributed by atoms with Crippen molar-refractivity contribution in [2.45, 2.75) is 0 Å². The highest BCUT2D eigenvalue weighted by Gasteiger charge is 2.22. The van der Waals surface area contributed by atoms with Crippen molar-refractivity contribution in [2.24, 2.45) is 0 Å². The number of aromatic nitrogens is 2. The Morgan fingerprint density at radius 1 is 1.50 bits per heavy atom. The molecule has 0 aliphatic carbocycles. The third-order valence-corrected chi connectivity index (χ3v) is 2.28. The van der Waals surface area contributed by atoms with Crippen LogP contribution in [0.4, 0.5) is 11.4 Å². The number of nitrogen functional groups attached to an aromatic ring is 1. The molecule has 2 aromatic rings. The predicted molar refractivity (Wildman–Crippen MR) is 58.5 cm³/mol. The second-order valence-electron chi connectivity index (χ2n) is 2.89. The molecule has 82 valence electrons. The van der Waals surface area contributed by atoms with Crippen molar-refractivity contribution in [3.63, 3.8) is 0 Å². The molecule has 0 fully saturated rings. The third kappa shape index (κ3) is 1.74. The van der Waals surface area contributed by atoms with Gasteiger partial charge in [-0.3, -0.25) is 10.1 Å². The van der Waals surface area contributed by atoms with Gasteiger partial charge in [0, 0.05) is 16.7 Å². The molecule has 0 atom stereocenters. The Kier molecular flexibility index (Phi) is 2.57. The highest BCUT2D eigenvalue weighted by molar-refractivity contribution is 9.10. The first-order valence-electron chi connectivity index (χ1n) is 4.10. The summed E-state index contributed by atoms with van der Waals surface area (Å²) >= 11 is 3.10. The first-order chi connectivity index (χ1) is 7.59. The van der Waals surface area contributed by atoms with Crippen molar-refractivity contribution >= 4 is 27.3 Å². The maximum absolute atomic E-state index is 10.8. The van der Waals surface area contributed by atoms with E-state index in [1.54, 1.807) is 0 Å². The SMILES string of the molecule is Nc1cnoc1-c1ncc(Br)cc1[N+](=O)[O-]. The topological polar surface area (TPSA) is 108 Å². The van der Waals surface area contributed by atoms with E-state index in [2.05, 4.69) is 26.1 Å². The quantitative estimate of drug-likeness (QED) is 0.667. The van der Waals surface area contributed by atoms with Crippen LogP contribution in [0.2, 0.25) is 0 Å². The Bertz CT molecular complexity index is 554. The number of nitrogens with zero attached hydrogens (tertiary/aromatic N) is 3. The van der Waals surface area contributed by atoms with Crippen molar-refractivity contribution in [3.05, 3.63) is 33.0 Å². The van der Waals surface area contributed by atoms with Crippen molar-refractivity contribution in [2.75, 3.05) is 5.73 Å². The van der Waals surface area contributed by atoms with Crippen LogP contribution in [0.3, 0.4) is 0 Å². The van der Waals surface area contributed by atoms with E-state index in [0.29, 0.717) is 4.47 Å². The van der Waals surface area contributed by atoms with Crippen LogP contribution in [0.1, 0.15) is 0 Å². The van der Waals surface area contributed by atoms with Gasteiger partial charge in [0.1, 0.15) is 5.69 Å². The van der Waals surface area contributed by atoms with Gasteiger partial charge in [-0.15, -0.1) is 0 Å². The van der Waals surface area contributed by atoms with Crippen molar-refractivity contribution < 1.29 is 9.45 Å². The predicted octanol–water partition coefficient (Wildman–Crippen LogP) is 1.99. The Hall–Kier alpha value is -1.96. The molecule has 0 saturated carbocycles. The van der Waals surface area contributed by atoms with E-state index in [1.807, 2.05) is 0 Å². The van der Waals surface area contributed by atoms with Gasteiger partial charge in [-0.05, 0) is 15.9 Å². The summed E-state index contributed by atoms with van der Waals surface area (Å²) in [6, 6.07) is 1.32. The minimum absolute atomic E-state index is 0.0585. The first kappa shape index (κ1) is 10.6. The minimum atomic E-state index is -0.560. The number of halogens is 1. The van der Waals surface area contributed by atoms with Crippen molar-refractivity contribution in [1.29, 1.82) is 0 Å². The summed E-state index contributed by atoms with van der Waals surface area (Å²) < 4.78 is 5.32. The third-order valence-electron chi connectivity index (χ3n) is 1.84. The van der Waals surface area contributed by atoms with E-state index in [-0.39, 0.29) is 22.8 Å². The van der Waals surface area contributed by atoms with Gasteiger partial charge in [-0.1, -0.05) is 5.16 Å².